The van der Waals surface area contributed by atoms with E-state index in [4.69, 9.17) is 4.74 Å². The number of methoxy groups -OCH3 is 1. The standard InChI is InChI=1S/C17H26N2O4/c1-23-16(22)12(8-11-4-2-5-14(11)20)19-15(21)13-9-17(10-18-13)6-3-7-17/h11-13,18H,2-10H2,1H3,(H,19,21)/t11-,12-,13?/m0/s1. The van der Waals surface area contributed by atoms with Gasteiger partial charge in [0.25, 0.3) is 0 Å². The second-order valence-corrected chi connectivity index (χ2v) is 7.37. The Morgan fingerprint density at radius 3 is 2.70 bits per heavy atom. The van der Waals surface area contributed by atoms with Gasteiger partial charge in [0.1, 0.15) is 11.8 Å². The maximum Gasteiger partial charge on any atom is 0.328 e. The third kappa shape index (κ3) is 3.42. The van der Waals surface area contributed by atoms with Gasteiger partial charge in [-0.2, -0.15) is 0 Å². The van der Waals surface area contributed by atoms with Gasteiger partial charge < -0.3 is 15.4 Å². The molecule has 1 spiro atoms. The van der Waals surface area contributed by atoms with Gasteiger partial charge in [0.05, 0.1) is 13.2 Å². The summed E-state index contributed by atoms with van der Waals surface area (Å²) < 4.78 is 4.81. The number of rotatable bonds is 5. The first-order valence-electron chi connectivity index (χ1n) is 8.67. The lowest BCUT2D eigenvalue weighted by atomic mass is 9.67. The first-order valence-corrected chi connectivity index (χ1v) is 8.67. The van der Waals surface area contributed by atoms with Crippen molar-refractivity contribution in [3.63, 3.8) is 0 Å². The maximum absolute atomic E-state index is 12.5. The van der Waals surface area contributed by atoms with Gasteiger partial charge in [-0.1, -0.05) is 6.42 Å². The Bertz CT molecular complexity index is 501. The van der Waals surface area contributed by atoms with E-state index in [-0.39, 0.29) is 23.7 Å². The summed E-state index contributed by atoms with van der Waals surface area (Å²) in [5, 5.41) is 6.10. The minimum absolute atomic E-state index is 0.131. The highest BCUT2D eigenvalue weighted by Crippen LogP contribution is 2.47. The number of amides is 1. The van der Waals surface area contributed by atoms with Gasteiger partial charge in [0.15, 0.2) is 0 Å². The molecule has 1 heterocycles. The first kappa shape index (κ1) is 16.4. The second kappa shape index (κ2) is 6.59. The van der Waals surface area contributed by atoms with E-state index >= 15 is 0 Å². The molecule has 0 aromatic heterocycles. The van der Waals surface area contributed by atoms with Gasteiger partial charge in [-0.3, -0.25) is 9.59 Å². The van der Waals surface area contributed by atoms with Crippen molar-refractivity contribution in [2.75, 3.05) is 13.7 Å². The number of carbonyl (C=O) groups excluding carboxylic acids is 3. The number of ketones is 1. The maximum atomic E-state index is 12.5. The molecule has 0 aromatic carbocycles. The topological polar surface area (TPSA) is 84.5 Å². The zero-order valence-electron chi connectivity index (χ0n) is 13.7. The van der Waals surface area contributed by atoms with E-state index in [0.717, 1.165) is 25.8 Å². The van der Waals surface area contributed by atoms with E-state index in [0.29, 0.717) is 18.3 Å². The third-order valence-corrected chi connectivity index (χ3v) is 5.84. The van der Waals surface area contributed by atoms with Crippen molar-refractivity contribution >= 4 is 17.7 Å². The molecule has 0 bridgehead atoms. The van der Waals surface area contributed by atoms with Crippen molar-refractivity contribution in [3.8, 4) is 0 Å². The molecule has 0 radical (unpaired) electrons. The van der Waals surface area contributed by atoms with Crippen molar-refractivity contribution < 1.29 is 19.1 Å². The van der Waals surface area contributed by atoms with Crippen LogP contribution in [0.3, 0.4) is 0 Å². The SMILES string of the molecule is COC(=O)[C@H](C[C@@H]1CCCC1=O)NC(=O)C1CC2(CCC2)CN1. The van der Waals surface area contributed by atoms with Crippen LogP contribution in [0.5, 0.6) is 0 Å². The molecule has 3 rings (SSSR count). The summed E-state index contributed by atoms with van der Waals surface area (Å²) >= 11 is 0. The van der Waals surface area contributed by atoms with Crippen LogP contribution in [0.4, 0.5) is 0 Å². The van der Waals surface area contributed by atoms with E-state index in [1.165, 1.54) is 26.4 Å². The number of carbonyl (C=O) groups is 3. The average Bonchev–Trinajstić information content (AvgIpc) is 3.12. The van der Waals surface area contributed by atoms with Crippen LogP contribution >= 0.6 is 0 Å². The lowest BCUT2D eigenvalue weighted by Crippen LogP contribution is -2.49. The van der Waals surface area contributed by atoms with Crippen molar-refractivity contribution in [2.45, 2.75) is 63.5 Å². The van der Waals surface area contributed by atoms with Gasteiger partial charge in [0.2, 0.25) is 5.91 Å². The highest BCUT2D eigenvalue weighted by Gasteiger charge is 2.46. The van der Waals surface area contributed by atoms with Gasteiger partial charge in [-0.25, -0.2) is 4.79 Å². The van der Waals surface area contributed by atoms with Crippen LogP contribution in [-0.4, -0.2) is 43.4 Å². The molecule has 1 amide bonds. The van der Waals surface area contributed by atoms with Crippen molar-refractivity contribution in [3.05, 3.63) is 0 Å². The van der Waals surface area contributed by atoms with Gasteiger partial charge >= 0.3 is 5.97 Å². The summed E-state index contributed by atoms with van der Waals surface area (Å²) in [7, 11) is 1.31. The summed E-state index contributed by atoms with van der Waals surface area (Å²) in [6, 6.07) is -0.957. The Hall–Kier alpha value is -1.43. The van der Waals surface area contributed by atoms with Crippen LogP contribution in [0.1, 0.15) is 51.4 Å². The van der Waals surface area contributed by atoms with E-state index in [1.807, 2.05) is 0 Å². The first-order chi connectivity index (χ1) is 11.0. The predicted octanol–water partition coefficient (Wildman–Crippen LogP) is 0.936. The zero-order valence-corrected chi connectivity index (χ0v) is 13.7. The molecule has 2 saturated carbocycles. The normalized spacial score (nSPS) is 30.0. The molecule has 1 aliphatic heterocycles. The van der Waals surface area contributed by atoms with Crippen LogP contribution in [0.2, 0.25) is 0 Å². The summed E-state index contributed by atoms with van der Waals surface area (Å²) in [5.74, 6) is -0.543. The number of hydrogen-bond acceptors (Lipinski definition) is 5. The smallest absolute Gasteiger partial charge is 0.328 e. The highest BCUT2D eigenvalue weighted by molar-refractivity contribution is 5.89. The lowest BCUT2D eigenvalue weighted by molar-refractivity contribution is -0.146. The highest BCUT2D eigenvalue weighted by atomic mass is 16.5. The second-order valence-electron chi connectivity index (χ2n) is 7.37. The summed E-state index contributed by atoms with van der Waals surface area (Å²) in [5.41, 5.74) is 0.296. The fourth-order valence-corrected chi connectivity index (χ4v) is 4.21. The molecule has 1 unspecified atom stereocenters. The Kier molecular flexibility index (Phi) is 4.71. The molecule has 128 valence electrons. The molecule has 0 aromatic rings. The van der Waals surface area contributed by atoms with Crippen LogP contribution in [0, 0.1) is 11.3 Å². The number of nitrogens with one attached hydrogen (secondary N) is 2. The van der Waals surface area contributed by atoms with Crippen molar-refractivity contribution in [1.82, 2.24) is 10.6 Å². The molecule has 3 atom stereocenters. The Morgan fingerprint density at radius 1 is 1.39 bits per heavy atom. The number of ether oxygens (including phenoxy) is 1. The zero-order chi connectivity index (χ0) is 16.4. The van der Waals surface area contributed by atoms with Crippen molar-refractivity contribution in [1.29, 1.82) is 0 Å². The minimum atomic E-state index is -0.723. The molecular weight excluding hydrogens is 296 g/mol. The molecule has 2 aliphatic carbocycles. The molecule has 3 fully saturated rings. The lowest BCUT2D eigenvalue weighted by Gasteiger charge is -2.37. The number of Topliss-reactive ketones (excluding diaryl/α,β-unsaturated/α-hetero) is 1. The monoisotopic (exact) mass is 322 g/mol. The van der Waals surface area contributed by atoms with Crippen LogP contribution in [0.15, 0.2) is 0 Å². The van der Waals surface area contributed by atoms with Gasteiger partial charge in [0, 0.05) is 18.9 Å². The van der Waals surface area contributed by atoms with Crippen LogP contribution < -0.4 is 10.6 Å². The quantitative estimate of drug-likeness (QED) is 0.736. The van der Waals surface area contributed by atoms with E-state index < -0.39 is 12.0 Å². The Balaban J connectivity index is 1.58. The fourth-order valence-electron chi connectivity index (χ4n) is 4.21. The van der Waals surface area contributed by atoms with E-state index in [1.54, 1.807) is 0 Å². The summed E-state index contributed by atoms with van der Waals surface area (Å²) in [6.45, 7) is 0.884. The molecular formula is C17H26N2O4. The summed E-state index contributed by atoms with van der Waals surface area (Å²) in [4.78, 5) is 36.3. The minimum Gasteiger partial charge on any atom is -0.467 e. The van der Waals surface area contributed by atoms with Crippen LogP contribution in [0.25, 0.3) is 0 Å². The van der Waals surface area contributed by atoms with Crippen molar-refractivity contribution in [2.24, 2.45) is 11.3 Å². The van der Waals surface area contributed by atoms with E-state index in [9.17, 15) is 14.4 Å². The molecule has 6 heteroatoms. The Labute approximate surface area is 136 Å². The number of hydrogen-bond donors (Lipinski definition) is 2. The van der Waals surface area contributed by atoms with E-state index in [2.05, 4.69) is 10.6 Å². The summed E-state index contributed by atoms with van der Waals surface area (Å²) in [6.07, 6.45) is 7.06. The molecule has 23 heavy (non-hydrogen) atoms. The average molecular weight is 322 g/mol. The molecule has 3 aliphatic rings. The fraction of sp³-hybridized carbons (Fsp3) is 0.824. The molecule has 2 N–H and O–H groups in total. The largest absolute Gasteiger partial charge is 0.467 e. The van der Waals surface area contributed by atoms with Crippen LogP contribution in [-0.2, 0) is 19.1 Å². The molecule has 6 nitrogen and oxygen atoms in total. The predicted molar refractivity (Wildman–Crippen MR) is 83.6 cm³/mol. The van der Waals surface area contributed by atoms with Gasteiger partial charge in [-0.15, -0.1) is 0 Å². The number of esters is 1. The molecule has 1 saturated heterocycles. The van der Waals surface area contributed by atoms with Gasteiger partial charge in [-0.05, 0) is 43.9 Å². The third-order valence-electron chi connectivity index (χ3n) is 5.84. The Morgan fingerprint density at radius 2 is 2.17 bits per heavy atom.